The maximum atomic E-state index is 12.5. The molecule has 1 atom stereocenters. The van der Waals surface area contributed by atoms with Gasteiger partial charge in [-0.1, -0.05) is 29.5 Å². The summed E-state index contributed by atoms with van der Waals surface area (Å²) >= 11 is 1.52. The molecule has 4 fully saturated rings. The Morgan fingerprint density at radius 1 is 1.03 bits per heavy atom. The van der Waals surface area contributed by atoms with E-state index in [0.29, 0.717) is 10.7 Å². The molecule has 0 spiro atoms. The lowest BCUT2D eigenvalue weighted by molar-refractivity contribution is -0.117. The van der Waals surface area contributed by atoms with Crippen molar-refractivity contribution >= 4 is 28.3 Å². The zero-order valence-corrected chi connectivity index (χ0v) is 17.4. The molecule has 2 amide bonds. The van der Waals surface area contributed by atoms with Crippen molar-refractivity contribution in [1.29, 1.82) is 0 Å². The number of hydrogen-bond donors (Lipinski definition) is 2. The predicted octanol–water partition coefficient (Wildman–Crippen LogP) is 3.76. The summed E-state index contributed by atoms with van der Waals surface area (Å²) < 4.78 is 0. The Morgan fingerprint density at radius 2 is 1.66 bits per heavy atom. The highest BCUT2D eigenvalue weighted by atomic mass is 32.1. The van der Waals surface area contributed by atoms with Gasteiger partial charge >= 0.3 is 0 Å². The van der Waals surface area contributed by atoms with Crippen LogP contribution in [0.25, 0.3) is 0 Å². The molecule has 7 heteroatoms. The lowest BCUT2D eigenvalue weighted by atomic mass is 9.50. The van der Waals surface area contributed by atoms with Crippen LogP contribution in [0.4, 0.5) is 5.13 Å². The SMILES string of the molecule is CC(NC(=O)c1ccccc1)C(=O)Nc1nnc(C23CC4CC(CC(C4)C2)C3)s1. The Balaban J connectivity index is 1.23. The highest BCUT2D eigenvalue weighted by molar-refractivity contribution is 7.15. The smallest absolute Gasteiger partial charge is 0.251 e. The van der Waals surface area contributed by atoms with Gasteiger partial charge in [-0.05, 0) is 75.3 Å². The van der Waals surface area contributed by atoms with Crippen LogP contribution in [0.3, 0.4) is 0 Å². The summed E-state index contributed by atoms with van der Waals surface area (Å²) in [5.41, 5.74) is 0.717. The number of nitrogens with zero attached hydrogens (tertiary/aromatic N) is 2. The molecule has 0 aliphatic heterocycles. The van der Waals surface area contributed by atoms with Crippen LogP contribution >= 0.6 is 11.3 Å². The van der Waals surface area contributed by atoms with E-state index in [4.69, 9.17) is 0 Å². The van der Waals surface area contributed by atoms with E-state index in [9.17, 15) is 9.59 Å². The number of aromatic nitrogens is 2. The maximum absolute atomic E-state index is 12.5. The van der Waals surface area contributed by atoms with Gasteiger partial charge in [-0.15, -0.1) is 10.2 Å². The zero-order valence-electron chi connectivity index (χ0n) is 16.6. The summed E-state index contributed by atoms with van der Waals surface area (Å²) in [4.78, 5) is 24.8. The standard InChI is InChI=1S/C22H26N4O2S/c1-13(23-19(28)17-5-3-2-4-6-17)18(27)24-21-26-25-20(29-21)22-10-14-7-15(11-22)9-16(8-14)12-22/h2-6,13-16H,7-12H2,1H3,(H,23,28)(H,24,26,27). The fraction of sp³-hybridized carbons (Fsp3) is 0.545. The number of carbonyl (C=O) groups excluding carboxylic acids is 2. The molecule has 4 bridgehead atoms. The third-order valence-corrected chi connectivity index (χ3v) is 8.01. The lowest BCUT2D eigenvalue weighted by Crippen LogP contribution is -2.48. The van der Waals surface area contributed by atoms with Crippen molar-refractivity contribution in [3.8, 4) is 0 Å². The van der Waals surface area contributed by atoms with Crippen molar-refractivity contribution in [2.24, 2.45) is 17.8 Å². The molecular weight excluding hydrogens is 384 g/mol. The first-order chi connectivity index (χ1) is 14.0. The minimum Gasteiger partial charge on any atom is -0.341 e. The molecule has 2 aromatic rings. The Hall–Kier alpha value is -2.28. The van der Waals surface area contributed by atoms with Gasteiger partial charge in [-0.2, -0.15) is 0 Å². The van der Waals surface area contributed by atoms with Gasteiger partial charge in [0.05, 0.1) is 0 Å². The summed E-state index contributed by atoms with van der Waals surface area (Å²) in [6.45, 7) is 1.68. The first-order valence-corrected chi connectivity index (χ1v) is 11.3. The summed E-state index contributed by atoms with van der Waals surface area (Å²) in [5.74, 6) is 1.99. The normalized spacial score (nSPS) is 30.7. The summed E-state index contributed by atoms with van der Waals surface area (Å²) in [5, 5.41) is 15.9. The number of benzene rings is 1. The molecule has 6 rings (SSSR count). The first kappa shape index (κ1) is 18.7. The third kappa shape index (κ3) is 3.56. The second kappa shape index (κ2) is 7.20. The molecule has 1 heterocycles. The van der Waals surface area contributed by atoms with E-state index >= 15 is 0 Å². The van der Waals surface area contributed by atoms with Crippen LogP contribution in [0.2, 0.25) is 0 Å². The molecule has 152 valence electrons. The van der Waals surface area contributed by atoms with Crippen molar-refractivity contribution in [1.82, 2.24) is 15.5 Å². The molecule has 4 aliphatic carbocycles. The van der Waals surface area contributed by atoms with Crippen LogP contribution in [0.1, 0.15) is 60.8 Å². The third-order valence-electron chi connectivity index (χ3n) is 6.92. The second-order valence-electron chi connectivity index (χ2n) is 9.16. The van der Waals surface area contributed by atoms with E-state index in [0.717, 1.165) is 22.8 Å². The quantitative estimate of drug-likeness (QED) is 0.786. The van der Waals surface area contributed by atoms with Crippen LogP contribution in [0.15, 0.2) is 30.3 Å². The second-order valence-corrected chi connectivity index (χ2v) is 10.1. The van der Waals surface area contributed by atoms with Gasteiger partial charge in [0.1, 0.15) is 11.0 Å². The molecule has 2 N–H and O–H groups in total. The van der Waals surface area contributed by atoms with Gasteiger partial charge in [-0.25, -0.2) is 0 Å². The molecule has 1 unspecified atom stereocenters. The van der Waals surface area contributed by atoms with Gasteiger partial charge in [-0.3, -0.25) is 14.9 Å². The Labute approximate surface area is 174 Å². The zero-order chi connectivity index (χ0) is 20.0. The number of rotatable bonds is 5. The Bertz CT molecular complexity index is 891. The van der Waals surface area contributed by atoms with Gasteiger partial charge < -0.3 is 5.32 Å². The fourth-order valence-corrected chi connectivity index (χ4v) is 6.97. The van der Waals surface area contributed by atoms with E-state index in [1.165, 1.54) is 49.9 Å². The molecule has 0 saturated heterocycles. The molecule has 1 aromatic carbocycles. The minimum absolute atomic E-state index is 0.183. The lowest BCUT2D eigenvalue weighted by Gasteiger charge is -2.55. The highest BCUT2D eigenvalue weighted by Crippen LogP contribution is 2.61. The Kier molecular flexibility index (Phi) is 4.65. The topological polar surface area (TPSA) is 84.0 Å². The van der Waals surface area contributed by atoms with E-state index in [1.54, 1.807) is 31.2 Å². The van der Waals surface area contributed by atoms with Gasteiger partial charge in [0, 0.05) is 11.0 Å². The molecule has 1 aromatic heterocycles. The van der Waals surface area contributed by atoms with Crippen LogP contribution in [-0.2, 0) is 10.2 Å². The Morgan fingerprint density at radius 3 is 2.28 bits per heavy atom. The average Bonchev–Trinajstić information content (AvgIpc) is 3.17. The molecule has 0 radical (unpaired) electrons. The summed E-state index contributed by atoms with van der Waals surface area (Å²) in [7, 11) is 0. The molecule has 4 aliphatic rings. The van der Waals surface area contributed by atoms with Crippen LogP contribution in [0, 0.1) is 17.8 Å². The van der Waals surface area contributed by atoms with E-state index in [-0.39, 0.29) is 17.2 Å². The van der Waals surface area contributed by atoms with Gasteiger partial charge in [0.25, 0.3) is 5.91 Å². The number of anilines is 1. The largest absolute Gasteiger partial charge is 0.341 e. The van der Waals surface area contributed by atoms with E-state index < -0.39 is 6.04 Å². The van der Waals surface area contributed by atoms with Crippen molar-refractivity contribution in [2.75, 3.05) is 5.32 Å². The predicted molar refractivity (Wildman–Crippen MR) is 112 cm³/mol. The van der Waals surface area contributed by atoms with Crippen molar-refractivity contribution in [3.63, 3.8) is 0 Å². The molecular formula is C22H26N4O2S. The van der Waals surface area contributed by atoms with Crippen LogP contribution in [-0.4, -0.2) is 28.1 Å². The van der Waals surface area contributed by atoms with Crippen LogP contribution < -0.4 is 10.6 Å². The first-order valence-electron chi connectivity index (χ1n) is 10.5. The van der Waals surface area contributed by atoms with Crippen molar-refractivity contribution in [3.05, 3.63) is 40.9 Å². The number of hydrogen-bond acceptors (Lipinski definition) is 5. The van der Waals surface area contributed by atoms with E-state index in [1.807, 2.05) is 6.07 Å². The molecule has 29 heavy (non-hydrogen) atoms. The molecule has 6 nitrogen and oxygen atoms in total. The fourth-order valence-electron chi connectivity index (χ4n) is 6.01. The van der Waals surface area contributed by atoms with Crippen molar-refractivity contribution < 1.29 is 9.59 Å². The molecule has 4 saturated carbocycles. The highest BCUT2D eigenvalue weighted by Gasteiger charge is 2.53. The van der Waals surface area contributed by atoms with E-state index in [2.05, 4.69) is 20.8 Å². The van der Waals surface area contributed by atoms with Gasteiger partial charge in [0.2, 0.25) is 11.0 Å². The summed E-state index contributed by atoms with van der Waals surface area (Å²) in [6.07, 6.45) is 7.85. The number of amides is 2. The average molecular weight is 411 g/mol. The number of carbonyl (C=O) groups is 2. The monoisotopic (exact) mass is 410 g/mol. The van der Waals surface area contributed by atoms with Gasteiger partial charge in [0.15, 0.2) is 0 Å². The van der Waals surface area contributed by atoms with Crippen molar-refractivity contribution in [2.45, 2.75) is 56.9 Å². The maximum Gasteiger partial charge on any atom is 0.251 e. The minimum atomic E-state index is -0.658. The summed E-state index contributed by atoms with van der Waals surface area (Å²) in [6, 6.07) is 8.24. The van der Waals surface area contributed by atoms with Crippen LogP contribution in [0.5, 0.6) is 0 Å². The number of nitrogens with one attached hydrogen (secondary N) is 2.